The molecule has 1 N–H and O–H groups in total. The molecule has 1 rings (SSSR count). The molecule has 0 aliphatic rings. The van der Waals surface area contributed by atoms with Crippen molar-refractivity contribution in [1.82, 2.24) is 0 Å². The minimum atomic E-state index is -0.270. The normalized spacial score (nSPS) is 12.3. The van der Waals surface area contributed by atoms with Crippen LogP contribution in [0.5, 0.6) is 0 Å². The van der Waals surface area contributed by atoms with Crippen molar-refractivity contribution in [3.8, 4) is 0 Å². The minimum Gasteiger partial charge on any atom is -0.393 e. The molecule has 0 unspecified atom stereocenters. The molecule has 1 aromatic carbocycles. The molecule has 0 radical (unpaired) electrons. The Morgan fingerprint density at radius 1 is 1.25 bits per heavy atom. The summed E-state index contributed by atoms with van der Waals surface area (Å²) in [6.07, 6.45) is 3.89. The van der Waals surface area contributed by atoms with Gasteiger partial charge in [-0.1, -0.05) is 36.4 Å². The van der Waals surface area contributed by atoms with E-state index in [0.717, 1.165) is 12.8 Å². The lowest BCUT2D eigenvalue weighted by molar-refractivity contribution is 0.0705. The zero-order chi connectivity index (χ0) is 11.6. The van der Waals surface area contributed by atoms with E-state index >= 15 is 0 Å². The molecule has 1 atom stereocenters. The van der Waals surface area contributed by atoms with Gasteiger partial charge >= 0.3 is 0 Å². The van der Waals surface area contributed by atoms with Crippen LogP contribution in [-0.4, -0.2) is 17.8 Å². The monoisotopic (exact) mass is 220 g/mol. The molecule has 0 spiro atoms. The Bertz CT molecular complexity index is 282. The number of ether oxygens (including phenoxy) is 1. The quantitative estimate of drug-likeness (QED) is 0.539. The largest absolute Gasteiger partial charge is 0.393 e. The fourth-order valence-electron chi connectivity index (χ4n) is 1.44. The van der Waals surface area contributed by atoms with Gasteiger partial charge in [0.1, 0.15) is 0 Å². The average Bonchev–Trinajstić information content (AvgIpc) is 2.33. The van der Waals surface area contributed by atoms with Gasteiger partial charge in [-0.05, 0) is 24.8 Å². The zero-order valence-corrected chi connectivity index (χ0v) is 9.64. The first-order valence-corrected chi connectivity index (χ1v) is 5.73. The van der Waals surface area contributed by atoms with Crippen molar-refractivity contribution >= 4 is 0 Å². The molecule has 0 aliphatic heterocycles. The molecular formula is C14H20O2. The summed E-state index contributed by atoms with van der Waals surface area (Å²) in [5.74, 6) is 0. The second-order valence-corrected chi connectivity index (χ2v) is 3.85. The molecule has 0 saturated carbocycles. The van der Waals surface area contributed by atoms with Crippen LogP contribution in [0.4, 0.5) is 0 Å². The standard InChI is InChI=1S/C14H20O2/c1-2-3-9-14(15)10-11-16-12-13-7-5-4-6-8-13/h2,4-8,14-15H,1,3,9-12H2/t14-/m0/s1. The third-order valence-electron chi connectivity index (χ3n) is 2.41. The summed E-state index contributed by atoms with van der Waals surface area (Å²) in [5, 5.41) is 9.55. The first kappa shape index (κ1) is 12.9. The van der Waals surface area contributed by atoms with Crippen molar-refractivity contribution in [2.75, 3.05) is 6.61 Å². The number of hydrogen-bond donors (Lipinski definition) is 1. The Morgan fingerprint density at radius 3 is 2.69 bits per heavy atom. The molecule has 0 fully saturated rings. The molecule has 0 saturated heterocycles. The van der Waals surface area contributed by atoms with E-state index in [1.165, 1.54) is 5.56 Å². The third kappa shape index (κ3) is 5.69. The van der Waals surface area contributed by atoms with Crippen molar-refractivity contribution in [3.05, 3.63) is 48.6 Å². The van der Waals surface area contributed by atoms with Gasteiger partial charge in [0.25, 0.3) is 0 Å². The van der Waals surface area contributed by atoms with Crippen LogP contribution in [0.2, 0.25) is 0 Å². The summed E-state index contributed by atoms with van der Waals surface area (Å²) in [6, 6.07) is 10.1. The predicted octanol–water partition coefficient (Wildman–Crippen LogP) is 2.92. The molecule has 88 valence electrons. The van der Waals surface area contributed by atoms with E-state index in [0.29, 0.717) is 19.6 Å². The molecule has 0 amide bonds. The fraction of sp³-hybridized carbons (Fsp3) is 0.429. The molecule has 16 heavy (non-hydrogen) atoms. The summed E-state index contributed by atoms with van der Waals surface area (Å²) in [5.41, 5.74) is 1.17. The van der Waals surface area contributed by atoms with Crippen LogP contribution in [0.1, 0.15) is 24.8 Å². The van der Waals surface area contributed by atoms with Gasteiger partial charge in [0.05, 0.1) is 12.7 Å². The third-order valence-corrected chi connectivity index (χ3v) is 2.41. The summed E-state index contributed by atoms with van der Waals surface area (Å²) < 4.78 is 5.48. The Labute approximate surface area is 97.6 Å². The van der Waals surface area contributed by atoms with Gasteiger partial charge < -0.3 is 9.84 Å². The van der Waals surface area contributed by atoms with Gasteiger partial charge in [0.2, 0.25) is 0 Å². The van der Waals surface area contributed by atoms with Crippen LogP contribution in [0, 0.1) is 0 Å². The highest BCUT2D eigenvalue weighted by molar-refractivity contribution is 5.13. The topological polar surface area (TPSA) is 29.5 Å². The van der Waals surface area contributed by atoms with Crippen molar-refractivity contribution in [3.63, 3.8) is 0 Å². The smallest absolute Gasteiger partial charge is 0.0716 e. The van der Waals surface area contributed by atoms with Crippen molar-refractivity contribution in [1.29, 1.82) is 0 Å². The fourth-order valence-corrected chi connectivity index (χ4v) is 1.44. The van der Waals surface area contributed by atoms with E-state index < -0.39 is 0 Å². The van der Waals surface area contributed by atoms with E-state index in [4.69, 9.17) is 4.74 Å². The molecule has 0 aliphatic carbocycles. The maximum Gasteiger partial charge on any atom is 0.0716 e. The highest BCUT2D eigenvalue weighted by Crippen LogP contribution is 2.05. The van der Waals surface area contributed by atoms with Gasteiger partial charge in [0.15, 0.2) is 0 Å². The highest BCUT2D eigenvalue weighted by Gasteiger charge is 2.02. The van der Waals surface area contributed by atoms with Crippen LogP contribution < -0.4 is 0 Å². The zero-order valence-electron chi connectivity index (χ0n) is 9.64. The Morgan fingerprint density at radius 2 is 2.00 bits per heavy atom. The predicted molar refractivity (Wildman–Crippen MR) is 66.2 cm³/mol. The first-order valence-electron chi connectivity index (χ1n) is 5.73. The molecule has 2 heteroatoms. The first-order chi connectivity index (χ1) is 7.83. The van der Waals surface area contributed by atoms with Crippen LogP contribution >= 0.6 is 0 Å². The van der Waals surface area contributed by atoms with Gasteiger partial charge in [-0.25, -0.2) is 0 Å². The number of allylic oxidation sites excluding steroid dienone is 1. The van der Waals surface area contributed by atoms with E-state index in [-0.39, 0.29) is 6.10 Å². The lowest BCUT2D eigenvalue weighted by atomic mass is 10.1. The second-order valence-electron chi connectivity index (χ2n) is 3.85. The Balaban J connectivity index is 2.05. The summed E-state index contributed by atoms with van der Waals surface area (Å²) >= 11 is 0. The Hall–Kier alpha value is -1.12. The molecule has 0 aromatic heterocycles. The SMILES string of the molecule is C=CCC[C@H](O)CCOCc1ccccc1. The molecule has 0 bridgehead atoms. The maximum absolute atomic E-state index is 9.55. The number of rotatable bonds is 8. The second kappa shape index (κ2) is 8.08. The van der Waals surface area contributed by atoms with Gasteiger partial charge in [-0.15, -0.1) is 6.58 Å². The van der Waals surface area contributed by atoms with E-state index in [1.807, 2.05) is 36.4 Å². The van der Waals surface area contributed by atoms with Crippen LogP contribution in [0.15, 0.2) is 43.0 Å². The number of aliphatic hydroxyl groups is 1. The van der Waals surface area contributed by atoms with E-state index in [1.54, 1.807) is 0 Å². The molecular weight excluding hydrogens is 200 g/mol. The van der Waals surface area contributed by atoms with Crippen LogP contribution in [0.3, 0.4) is 0 Å². The minimum absolute atomic E-state index is 0.270. The number of benzene rings is 1. The van der Waals surface area contributed by atoms with E-state index in [9.17, 15) is 5.11 Å². The molecule has 1 aromatic rings. The number of aliphatic hydroxyl groups excluding tert-OH is 1. The van der Waals surface area contributed by atoms with Crippen molar-refractivity contribution in [2.45, 2.75) is 32.0 Å². The summed E-state index contributed by atoms with van der Waals surface area (Å²) in [4.78, 5) is 0. The number of hydrogen-bond acceptors (Lipinski definition) is 2. The highest BCUT2D eigenvalue weighted by atomic mass is 16.5. The lowest BCUT2D eigenvalue weighted by Gasteiger charge is -2.09. The average molecular weight is 220 g/mol. The van der Waals surface area contributed by atoms with E-state index in [2.05, 4.69) is 6.58 Å². The molecule has 0 heterocycles. The lowest BCUT2D eigenvalue weighted by Crippen LogP contribution is -2.10. The Kier molecular flexibility index (Phi) is 6.54. The van der Waals surface area contributed by atoms with Crippen LogP contribution in [-0.2, 0) is 11.3 Å². The maximum atomic E-state index is 9.55. The summed E-state index contributed by atoms with van der Waals surface area (Å²) in [6.45, 7) is 4.85. The summed E-state index contributed by atoms with van der Waals surface area (Å²) in [7, 11) is 0. The van der Waals surface area contributed by atoms with Crippen LogP contribution in [0.25, 0.3) is 0 Å². The van der Waals surface area contributed by atoms with Crippen molar-refractivity contribution < 1.29 is 9.84 Å². The van der Waals surface area contributed by atoms with Gasteiger partial charge in [-0.3, -0.25) is 0 Å². The van der Waals surface area contributed by atoms with Gasteiger partial charge in [-0.2, -0.15) is 0 Å². The molecule has 2 nitrogen and oxygen atoms in total. The van der Waals surface area contributed by atoms with Gasteiger partial charge in [0, 0.05) is 6.61 Å². The van der Waals surface area contributed by atoms with Crippen molar-refractivity contribution in [2.24, 2.45) is 0 Å².